The van der Waals surface area contributed by atoms with Crippen LogP contribution in [0, 0.1) is 0 Å². The van der Waals surface area contributed by atoms with E-state index >= 15 is 0 Å². The minimum Gasteiger partial charge on any atom is -0.399 e. The molecule has 4 nitrogen and oxygen atoms in total. The molecule has 2 rings (SSSR count). The normalized spacial score (nSPS) is 10.9. The lowest BCUT2D eigenvalue weighted by molar-refractivity contribution is 0.696. The van der Waals surface area contributed by atoms with E-state index in [1.165, 1.54) is 12.8 Å². The van der Waals surface area contributed by atoms with Crippen LogP contribution in [0.3, 0.4) is 0 Å². The lowest BCUT2D eigenvalue weighted by Crippen LogP contribution is -2.01. The molecule has 0 aliphatic rings. The highest BCUT2D eigenvalue weighted by Gasteiger charge is 2.05. The van der Waals surface area contributed by atoms with Crippen molar-refractivity contribution in [2.75, 3.05) is 11.5 Å². The summed E-state index contributed by atoms with van der Waals surface area (Å²) in [5.74, 6) is 1.35. The Morgan fingerprint density at radius 2 is 1.94 bits per heavy atom. The smallest absolute Gasteiger partial charge is 0.135 e. The van der Waals surface area contributed by atoms with Crippen molar-refractivity contribution < 1.29 is 0 Å². The molecule has 2 aromatic rings. The molecule has 0 saturated heterocycles. The van der Waals surface area contributed by atoms with Crippen LogP contribution in [0.2, 0.25) is 0 Å². The first kappa shape index (κ1) is 11.6. The number of hydrogen-bond acceptors (Lipinski definition) is 4. The third-order valence-electron chi connectivity index (χ3n) is 2.80. The molecule has 1 aromatic carbocycles. The molecule has 0 spiro atoms. The molecular weight excluding hydrogens is 212 g/mol. The number of nitrogen functional groups attached to an aromatic ring is 2. The van der Waals surface area contributed by atoms with Crippen LogP contribution < -0.4 is 11.5 Å². The van der Waals surface area contributed by atoms with Gasteiger partial charge in [0.25, 0.3) is 0 Å². The van der Waals surface area contributed by atoms with Crippen molar-refractivity contribution >= 4 is 22.4 Å². The number of anilines is 2. The van der Waals surface area contributed by atoms with Gasteiger partial charge in [-0.15, -0.1) is 0 Å². The lowest BCUT2D eigenvalue weighted by Gasteiger charge is -2.05. The van der Waals surface area contributed by atoms with Gasteiger partial charge in [-0.05, 0) is 24.6 Å². The molecule has 1 aromatic heterocycles. The van der Waals surface area contributed by atoms with Gasteiger partial charge in [-0.1, -0.05) is 19.8 Å². The zero-order chi connectivity index (χ0) is 12.3. The van der Waals surface area contributed by atoms with Gasteiger partial charge in [-0.3, -0.25) is 0 Å². The van der Waals surface area contributed by atoms with E-state index < -0.39 is 0 Å². The maximum absolute atomic E-state index is 5.92. The molecule has 90 valence electrons. The second-order valence-corrected chi connectivity index (χ2v) is 4.26. The number of aryl methyl sites for hydroxylation is 1. The van der Waals surface area contributed by atoms with Crippen molar-refractivity contribution in [3.8, 4) is 0 Å². The summed E-state index contributed by atoms with van der Waals surface area (Å²) in [5, 5.41) is 0.837. The lowest BCUT2D eigenvalue weighted by atomic mass is 10.1. The predicted molar refractivity (Wildman–Crippen MR) is 71.6 cm³/mol. The van der Waals surface area contributed by atoms with Gasteiger partial charge in [0.2, 0.25) is 0 Å². The van der Waals surface area contributed by atoms with Gasteiger partial charge in [-0.25, -0.2) is 9.97 Å². The molecule has 0 unspecified atom stereocenters. The van der Waals surface area contributed by atoms with Crippen molar-refractivity contribution in [3.05, 3.63) is 24.0 Å². The van der Waals surface area contributed by atoms with Crippen molar-refractivity contribution in [2.45, 2.75) is 32.6 Å². The Morgan fingerprint density at radius 3 is 2.71 bits per heavy atom. The zero-order valence-electron chi connectivity index (χ0n) is 10.1. The van der Waals surface area contributed by atoms with Gasteiger partial charge in [0, 0.05) is 17.5 Å². The highest BCUT2D eigenvalue weighted by atomic mass is 14.9. The van der Waals surface area contributed by atoms with Crippen molar-refractivity contribution in [1.29, 1.82) is 0 Å². The van der Waals surface area contributed by atoms with E-state index in [1.54, 1.807) is 0 Å². The summed E-state index contributed by atoms with van der Waals surface area (Å²) in [5.41, 5.74) is 13.2. The quantitative estimate of drug-likeness (QED) is 0.625. The number of benzene rings is 1. The third-order valence-corrected chi connectivity index (χ3v) is 2.80. The minimum absolute atomic E-state index is 0.522. The van der Waals surface area contributed by atoms with E-state index in [0.717, 1.165) is 29.6 Å². The molecule has 0 radical (unpaired) electrons. The summed E-state index contributed by atoms with van der Waals surface area (Å²) in [6.07, 6.45) is 4.39. The number of hydrogen-bond donors (Lipinski definition) is 2. The standard InChI is InChI=1S/C13H18N4/c1-2-3-4-5-12-16-11-7-6-9(14)8-10(11)13(15)17-12/h6-8H,2-5,14H2,1H3,(H2,15,16,17). The van der Waals surface area contributed by atoms with E-state index in [9.17, 15) is 0 Å². The van der Waals surface area contributed by atoms with Crippen LogP contribution in [-0.4, -0.2) is 9.97 Å². The highest BCUT2D eigenvalue weighted by Crippen LogP contribution is 2.21. The van der Waals surface area contributed by atoms with Crippen LogP contribution in [0.1, 0.15) is 32.0 Å². The molecular formula is C13H18N4. The Bertz CT molecular complexity index is 522. The number of aromatic nitrogens is 2. The van der Waals surface area contributed by atoms with Crippen LogP contribution in [0.25, 0.3) is 10.9 Å². The van der Waals surface area contributed by atoms with Gasteiger partial charge in [0.05, 0.1) is 5.52 Å². The SMILES string of the molecule is CCCCCc1nc(N)c2cc(N)ccc2n1. The van der Waals surface area contributed by atoms with Crippen LogP contribution in [-0.2, 0) is 6.42 Å². The van der Waals surface area contributed by atoms with E-state index in [1.807, 2.05) is 18.2 Å². The fourth-order valence-electron chi connectivity index (χ4n) is 1.86. The van der Waals surface area contributed by atoms with Gasteiger partial charge >= 0.3 is 0 Å². The average Bonchev–Trinajstić information content (AvgIpc) is 2.31. The Hall–Kier alpha value is -1.84. The van der Waals surface area contributed by atoms with Crippen LogP contribution in [0.4, 0.5) is 11.5 Å². The molecule has 0 amide bonds. The second kappa shape index (κ2) is 4.99. The van der Waals surface area contributed by atoms with Crippen LogP contribution >= 0.6 is 0 Å². The fourth-order valence-corrected chi connectivity index (χ4v) is 1.86. The third kappa shape index (κ3) is 2.64. The van der Waals surface area contributed by atoms with E-state index in [4.69, 9.17) is 11.5 Å². The fraction of sp³-hybridized carbons (Fsp3) is 0.385. The molecule has 4 heteroatoms. The number of unbranched alkanes of at least 4 members (excludes halogenated alkanes) is 2. The molecule has 0 aliphatic heterocycles. The molecule has 0 fully saturated rings. The number of nitrogens with two attached hydrogens (primary N) is 2. The van der Waals surface area contributed by atoms with Gasteiger partial charge in [0.15, 0.2) is 0 Å². The van der Waals surface area contributed by atoms with Gasteiger partial charge < -0.3 is 11.5 Å². The molecule has 0 saturated carbocycles. The summed E-state index contributed by atoms with van der Waals surface area (Å²) in [6, 6.07) is 5.55. The maximum atomic E-state index is 5.92. The van der Waals surface area contributed by atoms with Crippen molar-refractivity contribution in [3.63, 3.8) is 0 Å². The van der Waals surface area contributed by atoms with Gasteiger partial charge in [0.1, 0.15) is 11.6 Å². The van der Waals surface area contributed by atoms with Crippen molar-refractivity contribution in [2.24, 2.45) is 0 Å². The van der Waals surface area contributed by atoms with Crippen LogP contribution in [0.5, 0.6) is 0 Å². The second-order valence-electron chi connectivity index (χ2n) is 4.26. The first-order valence-corrected chi connectivity index (χ1v) is 6.02. The molecule has 1 heterocycles. The average molecular weight is 230 g/mol. The first-order valence-electron chi connectivity index (χ1n) is 6.02. The largest absolute Gasteiger partial charge is 0.399 e. The Morgan fingerprint density at radius 1 is 1.12 bits per heavy atom. The summed E-state index contributed by atoms with van der Waals surface area (Å²) in [4.78, 5) is 8.83. The van der Waals surface area contributed by atoms with E-state index in [2.05, 4.69) is 16.9 Å². The summed E-state index contributed by atoms with van der Waals surface area (Å²) in [6.45, 7) is 2.18. The Labute approximate surface area is 101 Å². The number of fused-ring (bicyclic) bond motifs is 1. The summed E-state index contributed by atoms with van der Waals surface area (Å²) >= 11 is 0. The van der Waals surface area contributed by atoms with Gasteiger partial charge in [-0.2, -0.15) is 0 Å². The first-order chi connectivity index (χ1) is 8.20. The maximum Gasteiger partial charge on any atom is 0.135 e. The zero-order valence-corrected chi connectivity index (χ0v) is 10.1. The monoisotopic (exact) mass is 230 g/mol. The molecule has 17 heavy (non-hydrogen) atoms. The number of rotatable bonds is 4. The molecule has 0 atom stereocenters. The Kier molecular flexibility index (Phi) is 3.42. The topological polar surface area (TPSA) is 77.8 Å². The molecule has 0 bridgehead atoms. The van der Waals surface area contributed by atoms with Crippen molar-refractivity contribution in [1.82, 2.24) is 9.97 Å². The summed E-state index contributed by atoms with van der Waals surface area (Å²) in [7, 11) is 0. The van der Waals surface area contributed by atoms with Crippen LogP contribution in [0.15, 0.2) is 18.2 Å². The highest BCUT2D eigenvalue weighted by molar-refractivity contribution is 5.90. The molecule has 4 N–H and O–H groups in total. The predicted octanol–water partition coefficient (Wildman–Crippen LogP) is 2.53. The van der Waals surface area contributed by atoms with E-state index in [-0.39, 0.29) is 0 Å². The molecule has 0 aliphatic carbocycles. The Balaban J connectivity index is 2.32. The number of nitrogens with zero attached hydrogens (tertiary/aromatic N) is 2. The summed E-state index contributed by atoms with van der Waals surface area (Å²) < 4.78 is 0. The van der Waals surface area contributed by atoms with E-state index in [0.29, 0.717) is 11.5 Å². The minimum atomic E-state index is 0.522.